The molecule has 3 saturated carbocycles. The number of aliphatic hydroxyl groups excluding tert-OH is 1. The van der Waals surface area contributed by atoms with Crippen molar-refractivity contribution in [2.24, 2.45) is 29.1 Å². The second-order valence-corrected chi connectivity index (χ2v) is 13.6. The van der Waals surface area contributed by atoms with E-state index in [1.165, 1.54) is 41.0 Å². The van der Waals surface area contributed by atoms with Crippen LogP contribution in [0.5, 0.6) is 0 Å². The van der Waals surface area contributed by atoms with Crippen LogP contribution < -0.4 is 0 Å². The van der Waals surface area contributed by atoms with Crippen molar-refractivity contribution in [3.05, 3.63) is 16.0 Å². The predicted molar refractivity (Wildman–Crippen MR) is 127 cm³/mol. The van der Waals surface area contributed by atoms with E-state index in [9.17, 15) is 14.7 Å². The zero-order valence-electron chi connectivity index (χ0n) is 19.3. The number of thioether (sulfide) groups is 1. The van der Waals surface area contributed by atoms with Gasteiger partial charge in [0, 0.05) is 0 Å². The number of thiophene rings is 1. The Labute approximate surface area is 194 Å². The minimum Gasteiger partial charge on any atom is -0.393 e. The molecule has 0 bridgehead atoms. The molecular weight excluding hydrogens is 424 g/mol. The summed E-state index contributed by atoms with van der Waals surface area (Å²) in [6, 6.07) is 0. The molecule has 0 aromatic carbocycles. The smallest absolute Gasteiger partial charge is 0.170 e. The number of ketones is 2. The summed E-state index contributed by atoms with van der Waals surface area (Å²) in [5, 5.41) is 10.5. The van der Waals surface area contributed by atoms with Crippen LogP contribution in [-0.4, -0.2) is 28.5 Å². The van der Waals surface area contributed by atoms with E-state index in [2.05, 4.69) is 13.8 Å². The van der Waals surface area contributed by atoms with Gasteiger partial charge < -0.3 is 5.11 Å². The Morgan fingerprint density at radius 2 is 1.84 bits per heavy atom. The minimum absolute atomic E-state index is 0.0829. The first-order valence-electron chi connectivity index (χ1n) is 12.1. The lowest BCUT2D eigenvalue weighted by Crippen LogP contribution is -2.54. The van der Waals surface area contributed by atoms with E-state index in [-0.39, 0.29) is 28.5 Å². The van der Waals surface area contributed by atoms with Gasteiger partial charge in [-0.2, -0.15) is 0 Å². The Hall–Kier alpha value is -0.650. The van der Waals surface area contributed by atoms with Gasteiger partial charge in [0.05, 0.1) is 20.9 Å². The quantitative estimate of drug-likeness (QED) is 0.439. The number of Topliss-reactive ketones (excluding diaryl/α,β-unsaturated/α-hetero) is 2. The summed E-state index contributed by atoms with van der Waals surface area (Å²) in [6.07, 6.45) is 9.07. The van der Waals surface area contributed by atoms with Crippen LogP contribution in [0.15, 0.2) is 4.21 Å². The molecule has 3 fully saturated rings. The topological polar surface area (TPSA) is 54.4 Å². The van der Waals surface area contributed by atoms with Crippen LogP contribution >= 0.6 is 23.1 Å². The van der Waals surface area contributed by atoms with Crippen LogP contribution in [0.3, 0.4) is 0 Å². The van der Waals surface area contributed by atoms with E-state index in [1.54, 1.807) is 36.9 Å². The standard InChI is InChI=1S/C26H36O3S2/c1-14(27)13-30-24-19-11-21-18-8-6-16-5-7-17(29)12-26(16,4)20(18)9-10-25(21,3)22(19)23(31-24)15(2)28/h16-18,20-21,29H,5-13H2,1-4H3/t16-,17-,18-,20+,21+,25+,26+/m1/s1. The molecule has 1 heterocycles. The van der Waals surface area contributed by atoms with Crippen molar-refractivity contribution in [2.75, 3.05) is 5.75 Å². The lowest BCUT2D eigenvalue weighted by Gasteiger charge is -2.60. The van der Waals surface area contributed by atoms with Crippen molar-refractivity contribution in [1.29, 1.82) is 0 Å². The van der Waals surface area contributed by atoms with Crippen molar-refractivity contribution in [3.8, 4) is 0 Å². The second-order valence-electron chi connectivity index (χ2n) is 11.4. The van der Waals surface area contributed by atoms with E-state index >= 15 is 0 Å². The maximum atomic E-state index is 12.6. The molecule has 1 aromatic rings. The highest BCUT2D eigenvalue weighted by Gasteiger charge is 2.60. The van der Waals surface area contributed by atoms with E-state index in [0.717, 1.165) is 36.5 Å². The summed E-state index contributed by atoms with van der Waals surface area (Å²) in [5.41, 5.74) is 3.09. The summed E-state index contributed by atoms with van der Waals surface area (Å²) < 4.78 is 1.22. The van der Waals surface area contributed by atoms with Crippen LogP contribution in [0.25, 0.3) is 0 Å². The van der Waals surface area contributed by atoms with Crippen molar-refractivity contribution in [3.63, 3.8) is 0 Å². The van der Waals surface area contributed by atoms with Crippen LogP contribution in [0.1, 0.15) is 93.4 Å². The van der Waals surface area contributed by atoms with Crippen LogP contribution in [0.2, 0.25) is 0 Å². The fourth-order valence-corrected chi connectivity index (χ4v) is 10.8. The van der Waals surface area contributed by atoms with Gasteiger partial charge in [0.1, 0.15) is 5.78 Å². The average Bonchev–Trinajstić information content (AvgIpc) is 3.21. The molecule has 0 amide bonds. The molecular formula is C26H36O3S2. The molecule has 0 aliphatic heterocycles. The summed E-state index contributed by atoms with van der Waals surface area (Å²) >= 11 is 3.29. The van der Waals surface area contributed by atoms with Crippen LogP contribution in [-0.2, 0) is 16.6 Å². The Morgan fingerprint density at radius 3 is 2.55 bits per heavy atom. The normalized spacial score (nSPS) is 41.1. The van der Waals surface area contributed by atoms with E-state index in [4.69, 9.17) is 0 Å². The van der Waals surface area contributed by atoms with Gasteiger partial charge in [-0.3, -0.25) is 9.59 Å². The summed E-state index contributed by atoms with van der Waals surface area (Å²) in [4.78, 5) is 25.2. The Balaban J connectivity index is 1.51. The molecule has 170 valence electrons. The monoisotopic (exact) mass is 460 g/mol. The van der Waals surface area contributed by atoms with Gasteiger partial charge >= 0.3 is 0 Å². The Morgan fingerprint density at radius 1 is 1.10 bits per heavy atom. The van der Waals surface area contributed by atoms with Crippen molar-refractivity contribution in [2.45, 2.75) is 94.8 Å². The van der Waals surface area contributed by atoms with E-state index in [1.807, 2.05) is 0 Å². The third-order valence-electron chi connectivity index (χ3n) is 9.67. The third-order valence-corrected chi connectivity index (χ3v) is 12.5. The first kappa shape index (κ1) is 22.2. The SMILES string of the molecule is CC(=O)CSc1sc(C(C)=O)c2c1C[C@H]1[C@@H]3CC[C@H]4CC[C@@H](O)C[C@]4(C)[C@H]3CC[C@]21C. The molecule has 31 heavy (non-hydrogen) atoms. The van der Waals surface area contributed by atoms with Crippen molar-refractivity contribution in [1.82, 2.24) is 0 Å². The maximum Gasteiger partial charge on any atom is 0.170 e. The Kier molecular flexibility index (Phi) is 5.50. The first-order chi connectivity index (χ1) is 14.6. The summed E-state index contributed by atoms with van der Waals surface area (Å²) in [6.45, 7) is 8.28. The van der Waals surface area contributed by atoms with Crippen LogP contribution in [0.4, 0.5) is 0 Å². The largest absolute Gasteiger partial charge is 0.393 e. The number of rotatable bonds is 4. The molecule has 0 unspecified atom stereocenters. The lowest BCUT2D eigenvalue weighted by molar-refractivity contribution is -0.116. The third kappa shape index (κ3) is 3.32. The average molecular weight is 461 g/mol. The van der Waals surface area contributed by atoms with Crippen LogP contribution in [0, 0.1) is 29.1 Å². The molecule has 0 saturated heterocycles. The highest BCUT2D eigenvalue weighted by molar-refractivity contribution is 8.01. The van der Waals surface area contributed by atoms with Gasteiger partial charge in [-0.05, 0) is 111 Å². The molecule has 5 rings (SSSR count). The van der Waals surface area contributed by atoms with Crippen molar-refractivity contribution < 1.29 is 14.7 Å². The molecule has 1 aromatic heterocycles. The number of carbonyl (C=O) groups excluding carboxylic acids is 2. The molecule has 1 N–H and O–H groups in total. The highest BCUT2D eigenvalue weighted by Crippen LogP contribution is 2.67. The number of carbonyl (C=O) groups is 2. The van der Waals surface area contributed by atoms with Gasteiger partial charge in [-0.25, -0.2) is 0 Å². The van der Waals surface area contributed by atoms with E-state index in [0.29, 0.717) is 23.5 Å². The van der Waals surface area contributed by atoms with Gasteiger partial charge in [0.2, 0.25) is 0 Å². The molecule has 0 spiro atoms. The number of hydrogen-bond acceptors (Lipinski definition) is 5. The predicted octanol–water partition coefficient (Wildman–Crippen LogP) is 6.05. The first-order valence-corrected chi connectivity index (χ1v) is 13.9. The number of fused-ring (bicyclic) bond motifs is 7. The van der Waals surface area contributed by atoms with Crippen molar-refractivity contribution >= 4 is 34.7 Å². The molecule has 0 radical (unpaired) electrons. The second kappa shape index (κ2) is 7.70. The molecule has 7 atom stereocenters. The van der Waals surface area contributed by atoms with Gasteiger partial charge in [0.25, 0.3) is 0 Å². The molecule has 5 heteroatoms. The lowest BCUT2D eigenvalue weighted by atomic mass is 9.45. The number of hydrogen-bond donors (Lipinski definition) is 1. The Bertz CT molecular complexity index is 920. The fraction of sp³-hybridized carbons (Fsp3) is 0.769. The van der Waals surface area contributed by atoms with Gasteiger partial charge in [0.15, 0.2) is 5.78 Å². The van der Waals surface area contributed by atoms with Gasteiger partial charge in [-0.1, -0.05) is 13.8 Å². The van der Waals surface area contributed by atoms with E-state index < -0.39 is 0 Å². The molecule has 3 nitrogen and oxygen atoms in total. The zero-order valence-corrected chi connectivity index (χ0v) is 21.0. The zero-order chi connectivity index (χ0) is 22.1. The van der Waals surface area contributed by atoms with Gasteiger partial charge in [-0.15, -0.1) is 23.1 Å². The molecule has 4 aliphatic rings. The highest BCUT2D eigenvalue weighted by atomic mass is 32.2. The number of aliphatic hydroxyl groups is 1. The fourth-order valence-electron chi connectivity index (χ4n) is 8.32. The molecule has 4 aliphatic carbocycles. The minimum atomic E-state index is -0.128. The summed E-state index contributed by atoms with van der Waals surface area (Å²) in [7, 11) is 0. The summed E-state index contributed by atoms with van der Waals surface area (Å²) in [5.74, 6) is 3.62. The maximum absolute atomic E-state index is 12.6.